The standard InChI is InChI=1S/C10H17N3O/c1-8-7-13(2)12-10(8)14-9-3-5-11-6-4-9/h7,9,11H,3-6H2,1-2H3. The zero-order valence-electron chi connectivity index (χ0n) is 8.79. The molecule has 1 aromatic heterocycles. The third-order valence-corrected chi connectivity index (χ3v) is 2.53. The normalized spacial score (nSPS) is 18.4. The number of rotatable bonds is 2. The minimum atomic E-state index is 0.338. The van der Waals surface area contributed by atoms with Gasteiger partial charge in [-0.25, -0.2) is 0 Å². The fourth-order valence-electron chi connectivity index (χ4n) is 1.77. The zero-order chi connectivity index (χ0) is 9.97. The Bertz CT molecular complexity index is 302. The van der Waals surface area contributed by atoms with Crippen LogP contribution in [0.3, 0.4) is 0 Å². The number of aryl methyl sites for hydroxylation is 2. The summed E-state index contributed by atoms with van der Waals surface area (Å²) in [6.07, 6.45) is 4.48. The summed E-state index contributed by atoms with van der Waals surface area (Å²) in [5.41, 5.74) is 1.12. The van der Waals surface area contributed by atoms with Gasteiger partial charge in [0.25, 0.3) is 0 Å². The highest BCUT2D eigenvalue weighted by molar-refractivity contribution is 5.21. The Morgan fingerprint density at radius 2 is 2.21 bits per heavy atom. The molecule has 0 aliphatic carbocycles. The van der Waals surface area contributed by atoms with E-state index in [1.807, 2.05) is 20.2 Å². The van der Waals surface area contributed by atoms with E-state index < -0.39 is 0 Å². The van der Waals surface area contributed by atoms with Gasteiger partial charge in [0.1, 0.15) is 6.10 Å². The van der Waals surface area contributed by atoms with E-state index >= 15 is 0 Å². The van der Waals surface area contributed by atoms with Crippen molar-refractivity contribution in [1.29, 1.82) is 0 Å². The molecule has 4 nitrogen and oxygen atoms in total. The van der Waals surface area contributed by atoms with Gasteiger partial charge in [-0.3, -0.25) is 4.68 Å². The monoisotopic (exact) mass is 195 g/mol. The summed E-state index contributed by atoms with van der Waals surface area (Å²) in [6.45, 7) is 4.14. The molecule has 4 heteroatoms. The van der Waals surface area contributed by atoms with Crippen LogP contribution < -0.4 is 10.1 Å². The fourth-order valence-corrected chi connectivity index (χ4v) is 1.77. The van der Waals surface area contributed by atoms with Crippen molar-refractivity contribution in [3.8, 4) is 5.88 Å². The van der Waals surface area contributed by atoms with E-state index in [0.717, 1.165) is 37.4 Å². The lowest BCUT2D eigenvalue weighted by Gasteiger charge is -2.22. The van der Waals surface area contributed by atoms with Crippen molar-refractivity contribution in [2.45, 2.75) is 25.9 Å². The van der Waals surface area contributed by atoms with Crippen LogP contribution in [0.5, 0.6) is 5.88 Å². The van der Waals surface area contributed by atoms with Gasteiger partial charge in [0.05, 0.1) is 0 Å². The average molecular weight is 195 g/mol. The lowest BCUT2D eigenvalue weighted by Crippen LogP contribution is -2.34. The number of hydrogen-bond donors (Lipinski definition) is 1. The highest BCUT2D eigenvalue weighted by atomic mass is 16.5. The molecule has 0 saturated carbocycles. The lowest BCUT2D eigenvalue weighted by molar-refractivity contribution is 0.154. The van der Waals surface area contributed by atoms with Crippen LogP contribution in [-0.2, 0) is 7.05 Å². The molecule has 0 spiro atoms. The van der Waals surface area contributed by atoms with E-state index in [0.29, 0.717) is 6.10 Å². The number of ether oxygens (including phenoxy) is 1. The molecule has 0 bridgehead atoms. The molecular weight excluding hydrogens is 178 g/mol. The first kappa shape index (κ1) is 9.52. The maximum atomic E-state index is 5.83. The minimum Gasteiger partial charge on any atom is -0.473 e. The maximum Gasteiger partial charge on any atom is 0.235 e. The number of nitrogens with zero attached hydrogens (tertiary/aromatic N) is 2. The maximum absolute atomic E-state index is 5.83. The van der Waals surface area contributed by atoms with Gasteiger partial charge in [0.2, 0.25) is 5.88 Å². The van der Waals surface area contributed by atoms with Gasteiger partial charge in [0.15, 0.2) is 0 Å². The number of nitrogens with one attached hydrogen (secondary N) is 1. The van der Waals surface area contributed by atoms with Gasteiger partial charge < -0.3 is 10.1 Å². The summed E-state index contributed by atoms with van der Waals surface area (Å²) in [5, 5.41) is 7.59. The van der Waals surface area contributed by atoms with Crippen molar-refractivity contribution in [3.05, 3.63) is 11.8 Å². The lowest BCUT2D eigenvalue weighted by atomic mass is 10.1. The largest absolute Gasteiger partial charge is 0.473 e. The van der Waals surface area contributed by atoms with E-state index in [-0.39, 0.29) is 0 Å². The molecular formula is C10H17N3O. The van der Waals surface area contributed by atoms with Crippen molar-refractivity contribution in [2.24, 2.45) is 7.05 Å². The minimum absolute atomic E-state index is 0.338. The molecule has 1 fully saturated rings. The molecule has 0 radical (unpaired) electrons. The predicted octanol–water partition coefficient (Wildman–Crippen LogP) is 0.859. The van der Waals surface area contributed by atoms with Crippen LogP contribution in [-0.4, -0.2) is 29.0 Å². The molecule has 2 heterocycles. The Balaban J connectivity index is 1.98. The van der Waals surface area contributed by atoms with Crippen molar-refractivity contribution in [2.75, 3.05) is 13.1 Å². The quantitative estimate of drug-likeness (QED) is 0.760. The topological polar surface area (TPSA) is 39.1 Å². The van der Waals surface area contributed by atoms with Gasteiger partial charge >= 0.3 is 0 Å². The summed E-state index contributed by atoms with van der Waals surface area (Å²) >= 11 is 0. The van der Waals surface area contributed by atoms with E-state index in [9.17, 15) is 0 Å². The van der Waals surface area contributed by atoms with E-state index in [1.54, 1.807) is 4.68 Å². The predicted molar refractivity (Wildman–Crippen MR) is 54.5 cm³/mol. The average Bonchev–Trinajstić information content (AvgIpc) is 2.47. The number of hydrogen-bond acceptors (Lipinski definition) is 3. The summed E-state index contributed by atoms with van der Waals surface area (Å²) in [4.78, 5) is 0. The molecule has 14 heavy (non-hydrogen) atoms. The molecule has 0 atom stereocenters. The molecule has 0 unspecified atom stereocenters. The van der Waals surface area contributed by atoms with Crippen LogP contribution in [0.4, 0.5) is 0 Å². The van der Waals surface area contributed by atoms with Crippen molar-refractivity contribution in [1.82, 2.24) is 15.1 Å². The summed E-state index contributed by atoms with van der Waals surface area (Å²) in [5.74, 6) is 0.791. The fraction of sp³-hybridized carbons (Fsp3) is 0.700. The number of aromatic nitrogens is 2. The van der Waals surface area contributed by atoms with Gasteiger partial charge in [-0.15, -0.1) is 5.10 Å². The third-order valence-electron chi connectivity index (χ3n) is 2.53. The smallest absolute Gasteiger partial charge is 0.235 e. The van der Waals surface area contributed by atoms with E-state index in [2.05, 4.69) is 10.4 Å². The van der Waals surface area contributed by atoms with Gasteiger partial charge in [-0.1, -0.05) is 0 Å². The molecule has 1 aliphatic heterocycles. The first-order valence-corrected chi connectivity index (χ1v) is 5.13. The Morgan fingerprint density at radius 3 is 2.79 bits per heavy atom. The summed E-state index contributed by atoms with van der Waals surface area (Å²) in [7, 11) is 1.92. The second kappa shape index (κ2) is 4.00. The highest BCUT2D eigenvalue weighted by Crippen LogP contribution is 2.18. The third kappa shape index (κ3) is 2.07. The van der Waals surface area contributed by atoms with Gasteiger partial charge in [0, 0.05) is 18.8 Å². The summed E-state index contributed by atoms with van der Waals surface area (Å²) in [6, 6.07) is 0. The molecule has 1 saturated heterocycles. The molecule has 2 rings (SSSR count). The van der Waals surface area contributed by atoms with Gasteiger partial charge in [-0.2, -0.15) is 0 Å². The van der Waals surface area contributed by atoms with Gasteiger partial charge in [-0.05, 0) is 32.9 Å². The van der Waals surface area contributed by atoms with E-state index in [4.69, 9.17) is 4.74 Å². The van der Waals surface area contributed by atoms with E-state index in [1.165, 1.54) is 0 Å². The molecule has 1 aliphatic rings. The van der Waals surface area contributed by atoms with Crippen LogP contribution in [0.25, 0.3) is 0 Å². The molecule has 1 N–H and O–H groups in total. The van der Waals surface area contributed by atoms with Crippen LogP contribution >= 0.6 is 0 Å². The van der Waals surface area contributed by atoms with Crippen molar-refractivity contribution >= 4 is 0 Å². The first-order valence-electron chi connectivity index (χ1n) is 5.13. The van der Waals surface area contributed by atoms with Crippen LogP contribution in [0.2, 0.25) is 0 Å². The number of piperidine rings is 1. The van der Waals surface area contributed by atoms with Crippen LogP contribution in [0.15, 0.2) is 6.20 Å². The molecule has 78 valence electrons. The zero-order valence-corrected chi connectivity index (χ0v) is 8.79. The molecule has 0 aromatic carbocycles. The Hall–Kier alpha value is -1.03. The molecule has 1 aromatic rings. The first-order chi connectivity index (χ1) is 6.75. The SMILES string of the molecule is Cc1cn(C)nc1OC1CCNCC1. The van der Waals surface area contributed by atoms with Crippen LogP contribution in [0.1, 0.15) is 18.4 Å². The highest BCUT2D eigenvalue weighted by Gasteiger charge is 2.16. The summed E-state index contributed by atoms with van der Waals surface area (Å²) < 4.78 is 7.63. The van der Waals surface area contributed by atoms with Crippen molar-refractivity contribution in [3.63, 3.8) is 0 Å². The van der Waals surface area contributed by atoms with Crippen molar-refractivity contribution < 1.29 is 4.74 Å². The Kier molecular flexibility index (Phi) is 2.72. The Morgan fingerprint density at radius 1 is 1.50 bits per heavy atom. The second-order valence-electron chi connectivity index (χ2n) is 3.86. The van der Waals surface area contributed by atoms with Crippen LogP contribution in [0, 0.1) is 6.92 Å². The Labute approximate surface area is 84.3 Å². The second-order valence-corrected chi connectivity index (χ2v) is 3.86. The molecule has 0 amide bonds.